The largest absolute Gasteiger partial charge is 0.459 e. The molecule has 0 unspecified atom stereocenters. The fraction of sp³-hybridized carbons (Fsp3) is 0.480. The molecule has 4 nitrogen and oxygen atoms in total. The highest BCUT2D eigenvalue weighted by Gasteiger charge is 2.29. The van der Waals surface area contributed by atoms with E-state index in [1.54, 1.807) is 0 Å². The maximum Gasteiger partial charge on any atom is 0.303 e. The number of piperidine rings is 1. The van der Waals surface area contributed by atoms with E-state index >= 15 is 0 Å². The molecule has 0 radical (unpaired) electrons. The topological polar surface area (TPSA) is 38.8 Å². The Morgan fingerprint density at radius 1 is 0.966 bits per heavy atom. The van der Waals surface area contributed by atoms with Crippen molar-refractivity contribution in [2.45, 2.75) is 64.3 Å². The fourth-order valence-corrected chi connectivity index (χ4v) is 4.27. The molecule has 2 aromatic carbocycles. The SMILES string of the molecule is CC(=O)O[C@H](COC(c1ccccc1)c1ccccc1)CN1[C@H](C)CCC[C@H]1C. The molecular formula is C25H33NO3. The number of carbonyl (C=O) groups is 1. The van der Waals surface area contributed by atoms with Gasteiger partial charge in [0.15, 0.2) is 0 Å². The number of likely N-dealkylation sites (tertiary alicyclic amines) is 1. The first-order chi connectivity index (χ1) is 14.0. The second-order valence-electron chi connectivity index (χ2n) is 8.09. The van der Waals surface area contributed by atoms with Crippen molar-refractivity contribution in [3.8, 4) is 0 Å². The van der Waals surface area contributed by atoms with Crippen molar-refractivity contribution in [3.05, 3.63) is 71.8 Å². The summed E-state index contributed by atoms with van der Waals surface area (Å²) in [7, 11) is 0. The minimum Gasteiger partial charge on any atom is -0.459 e. The van der Waals surface area contributed by atoms with Crippen LogP contribution in [-0.4, -0.2) is 42.2 Å². The molecule has 3 atom stereocenters. The van der Waals surface area contributed by atoms with Gasteiger partial charge in [-0.05, 0) is 37.8 Å². The van der Waals surface area contributed by atoms with Crippen LogP contribution >= 0.6 is 0 Å². The van der Waals surface area contributed by atoms with Crippen LogP contribution in [0.25, 0.3) is 0 Å². The molecule has 1 heterocycles. The van der Waals surface area contributed by atoms with Crippen LogP contribution in [0.1, 0.15) is 57.3 Å². The van der Waals surface area contributed by atoms with Gasteiger partial charge in [-0.25, -0.2) is 0 Å². The molecule has 0 spiro atoms. The number of carbonyl (C=O) groups excluding carboxylic acids is 1. The molecule has 0 aromatic heterocycles. The molecular weight excluding hydrogens is 362 g/mol. The second kappa shape index (κ2) is 10.6. The molecule has 29 heavy (non-hydrogen) atoms. The third kappa shape index (κ3) is 6.15. The van der Waals surface area contributed by atoms with Crippen LogP contribution in [-0.2, 0) is 14.3 Å². The lowest BCUT2D eigenvalue weighted by atomic mass is 9.97. The molecule has 0 aliphatic carbocycles. The predicted molar refractivity (Wildman–Crippen MR) is 116 cm³/mol. The monoisotopic (exact) mass is 395 g/mol. The molecule has 0 N–H and O–H groups in total. The summed E-state index contributed by atoms with van der Waals surface area (Å²) in [4.78, 5) is 14.2. The standard InChI is InChI=1S/C25H33NO3/c1-19-11-10-12-20(2)26(19)17-24(29-21(3)27)18-28-25(22-13-6-4-7-14-22)23-15-8-5-9-16-23/h4-9,13-16,19-20,24-25H,10-12,17-18H2,1-3H3/t19-,20-,24+/m1/s1. The summed E-state index contributed by atoms with van der Waals surface area (Å²) in [6, 6.07) is 21.4. The minimum absolute atomic E-state index is 0.188. The quantitative estimate of drug-likeness (QED) is 0.591. The molecule has 1 fully saturated rings. The van der Waals surface area contributed by atoms with E-state index in [0.29, 0.717) is 25.2 Å². The summed E-state index contributed by atoms with van der Waals surface area (Å²) < 4.78 is 12.1. The van der Waals surface area contributed by atoms with Crippen LogP contribution in [0.4, 0.5) is 0 Å². The lowest BCUT2D eigenvalue weighted by Crippen LogP contribution is -2.49. The smallest absolute Gasteiger partial charge is 0.303 e. The van der Waals surface area contributed by atoms with Crippen LogP contribution in [0.5, 0.6) is 0 Å². The van der Waals surface area contributed by atoms with Crippen molar-refractivity contribution in [2.75, 3.05) is 13.2 Å². The molecule has 156 valence electrons. The lowest BCUT2D eigenvalue weighted by molar-refractivity contribution is -0.152. The Bertz CT molecular complexity index is 700. The van der Waals surface area contributed by atoms with Gasteiger partial charge in [0.05, 0.1) is 6.61 Å². The van der Waals surface area contributed by atoms with Gasteiger partial charge < -0.3 is 9.47 Å². The highest BCUT2D eigenvalue weighted by atomic mass is 16.6. The molecule has 0 bridgehead atoms. The van der Waals surface area contributed by atoms with E-state index in [1.165, 1.54) is 26.2 Å². The first-order valence-corrected chi connectivity index (χ1v) is 10.7. The number of rotatable bonds is 8. The summed E-state index contributed by atoms with van der Waals surface area (Å²) >= 11 is 0. The van der Waals surface area contributed by atoms with E-state index in [0.717, 1.165) is 11.1 Å². The Labute approximate surface area is 174 Å². The van der Waals surface area contributed by atoms with Gasteiger partial charge in [0.1, 0.15) is 12.2 Å². The zero-order valence-corrected chi connectivity index (χ0v) is 17.8. The van der Waals surface area contributed by atoms with Gasteiger partial charge in [0.25, 0.3) is 0 Å². The van der Waals surface area contributed by atoms with Crippen LogP contribution in [0, 0.1) is 0 Å². The Morgan fingerprint density at radius 2 is 1.48 bits per heavy atom. The average Bonchev–Trinajstić information content (AvgIpc) is 2.72. The van der Waals surface area contributed by atoms with Crippen molar-refractivity contribution in [3.63, 3.8) is 0 Å². The van der Waals surface area contributed by atoms with E-state index in [-0.39, 0.29) is 18.2 Å². The highest BCUT2D eigenvalue weighted by molar-refractivity contribution is 5.66. The molecule has 3 rings (SSSR count). The van der Waals surface area contributed by atoms with E-state index < -0.39 is 0 Å². The Kier molecular flexibility index (Phi) is 7.84. The lowest BCUT2D eigenvalue weighted by Gasteiger charge is -2.40. The maximum atomic E-state index is 11.7. The maximum absolute atomic E-state index is 11.7. The van der Waals surface area contributed by atoms with Gasteiger partial charge in [-0.15, -0.1) is 0 Å². The fourth-order valence-electron chi connectivity index (χ4n) is 4.27. The summed E-state index contributed by atoms with van der Waals surface area (Å²) in [6.45, 7) is 7.07. The number of nitrogens with zero attached hydrogens (tertiary/aromatic N) is 1. The van der Waals surface area contributed by atoms with E-state index in [9.17, 15) is 4.79 Å². The van der Waals surface area contributed by atoms with Crippen molar-refractivity contribution >= 4 is 5.97 Å². The number of hydrogen-bond acceptors (Lipinski definition) is 4. The zero-order valence-electron chi connectivity index (χ0n) is 17.8. The summed E-state index contributed by atoms with van der Waals surface area (Å²) in [6.07, 6.45) is 3.16. The Hall–Kier alpha value is -2.17. The zero-order chi connectivity index (χ0) is 20.6. The highest BCUT2D eigenvalue weighted by Crippen LogP contribution is 2.27. The third-order valence-corrected chi connectivity index (χ3v) is 5.78. The van der Waals surface area contributed by atoms with Crippen molar-refractivity contribution in [1.29, 1.82) is 0 Å². The van der Waals surface area contributed by atoms with E-state index in [4.69, 9.17) is 9.47 Å². The summed E-state index contributed by atoms with van der Waals surface area (Å²) in [5, 5.41) is 0. The molecule has 2 aromatic rings. The molecule has 1 saturated heterocycles. The summed E-state index contributed by atoms with van der Waals surface area (Å²) in [5.74, 6) is -0.258. The van der Waals surface area contributed by atoms with Crippen LogP contribution in [0.2, 0.25) is 0 Å². The molecule has 1 aliphatic rings. The van der Waals surface area contributed by atoms with Gasteiger partial charge in [0, 0.05) is 25.6 Å². The first kappa shape index (κ1) is 21.5. The number of esters is 1. The average molecular weight is 396 g/mol. The van der Waals surface area contributed by atoms with E-state index in [2.05, 4.69) is 43.0 Å². The Morgan fingerprint density at radius 3 is 1.97 bits per heavy atom. The summed E-state index contributed by atoms with van der Waals surface area (Å²) in [5.41, 5.74) is 2.19. The van der Waals surface area contributed by atoms with Crippen LogP contribution in [0.15, 0.2) is 60.7 Å². The van der Waals surface area contributed by atoms with Gasteiger partial charge in [-0.2, -0.15) is 0 Å². The van der Waals surface area contributed by atoms with Crippen LogP contribution < -0.4 is 0 Å². The number of ether oxygens (including phenoxy) is 2. The van der Waals surface area contributed by atoms with Crippen molar-refractivity contribution in [2.24, 2.45) is 0 Å². The molecule has 0 saturated carbocycles. The van der Waals surface area contributed by atoms with Gasteiger partial charge >= 0.3 is 5.97 Å². The normalized spacial score (nSPS) is 21.1. The molecule has 4 heteroatoms. The predicted octanol–water partition coefficient (Wildman–Crippen LogP) is 4.99. The number of benzene rings is 2. The van der Waals surface area contributed by atoms with Crippen LogP contribution in [0.3, 0.4) is 0 Å². The van der Waals surface area contributed by atoms with Gasteiger partial charge in [-0.1, -0.05) is 67.1 Å². The second-order valence-corrected chi connectivity index (χ2v) is 8.09. The minimum atomic E-state index is -0.287. The third-order valence-electron chi connectivity index (χ3n) is 5.78. The van der Waals surface area contributed by atoms with E-state index in [1.807, 2.05) is 36.4 Å². The molecule has 1 aliphatic heterocycles. The molecule has 0 amide bonds. The van der Waals surface area contributed by atoms with Crippen molar-refractivity contribution < 1.29 is 14.3 Å². The Balaban J connectivity index is 1.74. The van der Waals surface area contributed by atoms with Gasteiger partial charge in [0.2, 0.25) is 0 Å². The first-order valence-electron chi connectivity index (χ1n) is 10.7. The van der Waals surface area contributed by atoms with Gasteiger partial charge in [-0.3, -0.25) is 9.69 Å². The number of hydrogen-bond donors (Lipinski definition) is 0. The van der Waals surface area contributed by atoms with Crippen molar-refractivity contribution in [1.82, 2.24) is 4.90 Å².